The summed E-state index contributed by atoms with van der Waals surface area (Å²) < 4.78 is 6.10. The summed E-state index contributed by atoms with van der Waals surface area (Å²) >= 11 is 3.37. The van der Waals surface area contributed by atoms with Crippen molar-refractivity contribution in [1.29, 1.82) is 0 Å². The number of aromatic nitrogens is 1. The van der Waals surface area contributed by atoms with E-state index in [-0.39, 0.29) is 5.91 Å². The van der Waals surface area contributed by atoms with E-state index < -0.39 is 0 Å². The molecule has 0 bridgehead atoms. The molecule has 0 unspecified atom stereocenters. The molecule has 1 amide bonds. The van der Waals surface area contributed by atoms with Crippen LogP contribution in [0.1, 0.15) is 21.6 Å². The summed E-state index contributed by atoms with van der Waals surface area (Å²) in [6.45, 7) is 2.35. The molecule has 1 aromatic heterocycles. The molecule has 0 aliphatic heterocycles. The predicted octanol–water partition coefficient (Wildman–Crippen LogP) is 4.34. The van der Waals surface area contributed by atoms with Crippen LogP contribution in [-0.2, 0) is 6.54 Å². The maximum atomic E-state index is 12.2. The van der Waals surface area contributed by atoms with Crippen LogP contribution in [0.25, 0.3) is 11.3 Å². The Morgan fingerprint density at radius 1 is 1.17 bits per heavy atom. The number of carbonyl (C=O) groups is 1. The van der Waals surface area contributed by atoms with Crippen molar-refractivity contribution in [2.45, 2.75) is 13.5 Å². The highest BCUT2D eigenvalue weighted by atomic mass is 79.9. The van der Waals surface area contributed by atoms with Crippen LogP contribution in [-0.4, -0.2) is 11.1 Å². The van der Waals surface area contributed by atoms with E-state index in [1.54, 1.807) is 6.07 Å². The van der Waals surface area contributed by atoms with Gasteiger partial charge in [-0.25, -0.2) is 0 Å². The Morgan fingerprint density at radius 2 is 1.91 bits per heavy atom. The maximum absolute atomic E-state index is 12.2. The standard InChI is InChI=1S/C18H15BrN2O2/c1-12-6-8-13(9-7-12)17-10-14(21-23-17)11-20-18(22)15-4-2-3-5-16(15)19/h2-10H,11H2,1H3,(H,20,22). The summed E-state index contributed by atoms with van der Waals surface area (Å²) in [7, 11) is 0. The van der Waals surface area contributed by atoms with Gasteiger partial charge in [0.1, 0.15) is 5.69 Å². The second-order valence-corrected chi connectivity index (χ2v) is 6.07. The molecule has 116 valence electrons. The first kappa shape index (κ1) is 15.5. The van der Waals surface area contributed by atoms with Crippen LogP contribution in [0.15, 0.2) is 63.6 Å². The van der Waals surface area contributed by atoms with Gasteiger partial charge in [0, 0.05) is 16.1 Å². The van der Waals surface area contributed by atoms with Gasteiger partial charge in [0.2, 0.25) is 0 Å². The molecule has 3 rings (SSSR count). The van der Waals surface area contributed by atoms with Gasteiger partial charge in [-0.15, -0.1) is 0 Å². The lowest BCUT2D eigenvalue weighted by Gasteiger charge is -2.04. The third-order valence-electron chi connectivity index (χ3n) is 3.44. The first-order chi connectivity index (χ1) is 11.1. The van der Waals surface area contributed by atoms with E-state index in [0.717, 1.165) is 10.0 Å². The molecular weight excluding hydrogens is 356 g/mol. The zero-order valence-corrected chi connectivity index (χ0v) is 14.1. The minimum absolute atomic E-state index is 0.155. The number of carbonyl (C=O) groups excluding carboxylic acids is 1. The van der Waals surface area contributed by atoms with Gasteiger partial charge in [-0.3, -0.25) is 4.79 Å². The lowest BCUT2D eigenvalue weighted by atomic mass is 10.1. The van der Waals surface area contributed by atoms with Crippen LogP contribution in [0, 0.1) is 6.92 Å². The first-order valence-corrected chi connectivity index (χ1v) is 7.98. The second-order valence-electron chi connectivity index (χ2n) is 5.21. The topological polar surface area (TPSA) is 55.1 Å². The molecule has 0 aliphatic carbocycles. The Balaban J connectivity index is 1.67. The van der Waals surface area contributed by atoms with Crippen LogP contribution in [0.4, 0.5) is 0 Å². The minimum Gasteiger partial charge on any atom is -0.356 e. The van der Waals surface area contributed by atoms with Crippen LogP contribution in [0.3, 0.4) is 0 Å². The van der Waals surface area contributed by atoms with Gasteiger partial charge in [-0.05, 0) is 35.0 Å². The number of benzene rings is 2. The van der Waals surface area contributed by atoms with Gasteiger partial charge < -0.3 is 9.84 Å². The van der Waals surface area contributed by atoms with Gasteiger partial charge in [-0.2, -0.15) is 0 Å². The average Bonchev–Trinajstić information content (AvgIpc) is 3.03. The van der Waals surface area contributed by atoms with Crippen molar-refractivity contribution in [3.63, 3.8) is 0 Å². The highest BCUT2D eigenvalue weighted by molar-refractivity contribution is 9.10. The third kappa shape index (κ3) is 3.68. The molecule has 3 aromatic rings. The van der Waals surface area contributed by atoms with Gasteiger partial charge in [0.05, 0.1) is 12.1 Å². The second kappa shape index (κ2) is 6.79. The molecule has 0 aliphatic rings. The maximum Gasteiger partial charge on any atom is 0.252 e. The van der Waals surface area contributed by atoms with Crippen molar-refractivity contribution in [3.05, 3.63) is 75.9 Å². The quantitative estimate of drug-likeness (QED) is 0.742. The van der Waals surface area contributed by atoms with Crippen LogP contribution in [0.2, 0.25) is 0 Å². The number of halogens is 1. The molecule has 0 fully saturated rings. The zero-order chi connectivity index (χ0) is 16.2. The molecule has 2 aromatic carbocycles. The van der Waals surface area contributed by atoms with Crippen molar-refractivity contribution < 1.29 is 9.32 Å². The molecule has 0 atom stereocenters. The van der Waals surface area contributed by atoms with Gasteiger partial charge >= 0.3 is 0 Å². The Morgan fingerprint density at radius 3 is 2.65 bits per heavy atom. The summed E-state index contributed by atoms with van der Waals surface area (Å²) in [4.78, 5) is 12.2. The fraction of sp³-hybridized carbons (Fsp3) is 0.111. The van der Waals surface area contributed by atoms with Gasteiger partial charge in [0.15, 0.2) is 5.76 Å². The molecule has 23 heavy (non-hydrogen) atoms. The summed E-state index contributed by atoms with van der Waals surface area (Å²) in [6.07, 6.45) is 0. The molecule has 1 heterocycles. The average molecular weight is 371 g/mol. The number of rotatable bonds is 4. The van der Waals surface area contributed by atoms with E-state index in [9.17, 15) is 4.79 Å². The molecular formula is C18H15BrN2O2. The smallest absolute Gasteiger partial charge is 0.252 e. The number of nitrogens with zero attached hydrogens (tertiary/aromatic N) is 1. The summed E-state index contributed by atoms with van der Waals surface area (Å²) in [5.74, 6) is 0.535. The normalized spacial score (nSPS) is 10.5. The van der Waals surface area contributed by atoms with E-state index in [2.05, 4.69) is 26.4 Å². The van der Waals surface area contributed by atoms with E-state index in [4.69, 9.17) is 4.52 Å². The Kier molecular flexibility index (Phi) is 4.57. The lowest BCUT2D eigenvalue weighted by molar-refractivity contribution is 0.0949. The SMILES string of the molecule is Cc1ccc(-c2cc(CNC(=O)c3ccccc3Br)no2)cc1. The highest BCUT2D eigenvalue weighted by Crippen LogP contribution is 2.21. The Labute approximate surface area is 142 Å². The van der Waals surface area contributed by atoms with Crippen molar-refractivity contribution in [3.8, 4) is 11.3 Å². The molecule has 0 radical (unpaired) electrons. The van der Waals surface area contributed by atoms with Crippen LogP contribution < -0.4 is 5.32 Å². The molecule has 0 saturated carbocycles. The number of hydrogen-bond acceptors (Lipinski definition) is 3. The van der Waals surface area contributed by atoms with Crippen molar-refractivity contribution in [2.75, 3.05) is 0 Å². The number of hydrogen-bond donors (Lipinski definition) is 1. The van der Waals surface area contributed by atoms with Gasteiger partial charge in [0.25, 0.3) is 5.91 Å². The molecule has 4 nitrogen and oxygen atoms in total. The van der Waals surface area contributed by atoms with Crippen LogP contribution >= 0.6 is 15.9 Å². The van der Waals surface area contributed by atoms with Crippen molar-refractivity contribution in [2.24, 2.45) is 0 Å². The van der Waals surface area contributed by atoms with Crippen molar-refractivity contribution >= 4 is 21.8 Å². The molecule has 0 spiro atoms. The van der Waals surface area contributed by atoms with E-state index in [0.29, 0.717) is 23.6 Å². The Bertz CT molecular complexity index is 825. The fourth-order valence-electron chi connectivity index (χ4n) is 2.16. The summed E-state index contributed by atoms with van der Waals surface area (Å²) in [5.41, 5.74) is 3.43. The number of amides is 1. The first-order valence-electron chi connectivity index (χ1n) is 7.19. The molecule has 1 N–H and O–H groups in total. The van der Waals surface area contributed by atoms with E-state index in [1.807, 2.05) is 55.5 Å². The van der Waals surface area contributed by atoms with Crippen LogP contribution in [0.5, 0.6) is 0 Å². The van der Waals surface area contributed by atoms with Gasteiger partial charge in [-0.1, -0.05) is 47.1 Å². The summed E-state index contributed by atoms with van der Waals surface area (Å²) in [5, 5.41) is 6.84. The van der Waals surface area contributed by atoms with Crippen molar-refractivity contribution in [1.82, 2.24) is 10.5 Å². The number of aryl methyl sites for hydroxylation is 1. The third-order valence-corrected chi connectivity index (χ3v) is 4.14. The van der Waals surface area contributed by atoms with E-state index >= 15 is 0 Å². The molecule has 5 heteroatoms. The number of nitrogens with one attached hydrogen (secondary N) is 1. The molecule has 0 saturated heterocycles. The highest BCUT2D eigenvalue weighted by Gasteiger charge is 2.11. The predicted molar refractivity (Wildman–Crippen MR) is 92.0 cm³/mol. The fourth-order valence-corrected chi connectivity index (χ4v) is 2.63. The van der Waals surface area contributed by atoms with E-state index in [1.165, 1.54) is 5.56 Å². The zero-order valence-electron chi connectivity index (χ0n) is 12.5. The Hall–Kier alpha value is -2.40. The minimum atomic E-state index is -0.155. The summed E-state index contributed by atoms with van der Waals surface area (Å²) in [6, 6.07) is 17.1. The lowest BCUT2D eigenvalue weighted by Crippen LogP contribution is -2.23. The monoisotopic (exact) mass is 370 g/mol. The largest absolute Gasteiger partial charge is 0.356 e.